The van der Waals surface area contributed by atoms with E-state index in [1.165, 1.54) is 21.7 Å². The largest absolute Gasteiger partial charge is 0.457 e. The van der Waals surface area contributed by atoms with Gasteiger partial charge in [0.05, 0.1) is 38.8 Å². The minimum atomic E-state index is -0.00945. The van der Waals surface area contributed by atoms with Crippen molar-refractivity contribution >= 4 is 70.8 Å². The lowest BCUT2D eigenvalue weighted by molar-refractivity contribution is 0.483. The summed E-state index contributed by atoms with van der Waals surface area (Å²) in [7, 11) is 0. The van der Waals surface area contributed by atoms with Crippen LogP contribution in [0.25, 0.3) is 87.9 Å². The normalized spacial score (nSPS) is 12.1. The van der Waals surface area contributed by atoms with E-state index in [2.05, 4.69) is 194 Å². The van der Waals surface area contributed by atoms with Gasteiger partial charge in [0.15, 0.2) is 0 Å². The van der Waals surface area contributed by atoms with E-state index in [1.807, 2.05) is 12.3 Å². The molecule has 0 saturated carbocycles. The highest BCUT2D eigenvalue weighted by molar-refractivity contribution is 6.17. The van der Waals surface area contributed by atoms with E-state index >= 15 is 0 Å². The average Bonchev–Trinajstić information content (AvgIpc) is 3.77. The van der Waals surface area contributed by atoms with Crippen molar-refractivity contribution in [1.29, 1.82) is 0 Å². The van der Waals surface area contributed by atoms with Crippen LogP contribution in [0, 0.1) is 0 Å². The van der Waals surface area contributed by atoms with E-state index in [0.717, 1.165) is 83.2 Å². The van der Waals surface area contributed by atoms with Crippen LogP contribution in [0.1, 0.15) is 26.3 Å². The number of nitrogens with zero attached hydrogens (tertiary/aromatic N) is 4. The Bertz CT molecular complexity index is 3440. The summed E-state index contributed by atoms with van der Waals surface area (Å²) >= 11 is 0. The van der Waals surface area contributed by atoms with Crippen LogP contribution in [-0.4, -0.2) is 18.9 Å². The minimum Gasteiger partial charge on any atom is -0.457 e. The maximum Gasteiger partial charge on any atom is 0.137 e. The van der Waals surface area contributed by atoms with Crippen molar-refractivity contribution in [2.75, 3.05) is 0 Å². The standard InChI is InChI=1S/C52H38N4O/c1-52(2,3)34-28-29-53-49(31-34)55-45-23-9-7-18-39(45)41-27-26-36(32-48(41)55)57-35-15-12-14-33(30-35)50-42-20-5-4-16-37(42)38-17-6-10-24-46(38)56-47-25-11-8-19-40(47)43-21-13-22-44(54-50)51(43)56/h4-32H,1-3H3. The van der Waals surface area contributed by atoms with Crippen molar-refractivity contribution < 1.29 is 4.74 Å². The maximum absolute atomic E-state index is 6.77. The molecular weight excluding hydrogens is 697 g/mol. The van der Waals surface area contributed by atoms with Crippen molar-refractivity contribution in [1.82, 2.24) is 18.9 Å². The van der Waals surface area contributed by atoms with E-state index in [4.69, 9.17) is 14.7 Å². The zero-order chi connectivity index (χ0) is 38.3. The molecule has 11 rings (SSSR count). The van der Waals surface area contributed by atoms with Crippen LogP contribution in [0.2, 0.25) is 0 Å². The van der Waals surface area contributed by atoms with Crippen LogP contribution < -0.4 is 4.74 Å². The molecule has 0 unspecified atom stereocenters. The second-order valence-corrected chi connectivity index (χ2v) is 15.9. The lowest BCUT2D eigenvalue weighted by Crippen LogP contribution is -2.12. The molecule has 0 aliphatic carbocycles. The van der Waals surface area contributed by atoms with Crippen molar-refractivity contribution in [2.45, 2.75) is 26.2 Å². The fourth-order valence-corrected chi connectivity index (χ4v) is 8.67. The van der Waals surface area contributed by atoms with Crippen LogP contribution in [0.4, 0.5) is 0 Å². The number of hydrogen-bond acceptors (Lipinski definition) is 3. The predicted molar refractivity (Wildman–Crippen MR) is 237 cm³/mol. The molecule has 0 amide bonds. The van der Waals surface area contributed by atoms with Gasteiger partial charge in [-0.25, -0.2) is 9.97 Å². The number of benzene rings is 7. The summed E-state index contributed by atoms with van der Waals surface area (Å²) in [5, 5.41) is 8.05. The first-order chi connectivity index (χ1) is 27.9. The van der Waals surface area contributed by atoms with Gasteiger partial charge in [-0.2, -0.15) is 0 Å². The molecule has 0 fully saturated rings. The summed E-state index contributed by atoms with van der Waals surface area (Å²) in [4.78, 5) is 10.5. The second kappa shape index (κ2) is 12.7. The highest BCUT2D eigenvalue weighted by atomic mass is 16.5. The molecule has 0 aliphatic rings. The summed E-state index contributed by atoms with van der Waals surface area (Å²) in [5.41, 5.74) is 9.53. The molecule has 7 aromatic carbocycles. The molecule has 5 nitrogen and oxygen atoms in total. The molecule has 0 saturated heterocycles. The van der Waals surface area contributed by atoms with Gasteiger partial charge in [0, 0.05) is 50.1 Å². The molecule has 0 radical (unpaired) electrons. The Kier molecular flexibility index (Phi) is 7.35. The summed E-state index contributed by atoms with van der Waals surface area (Å²) in [5.74, 6) is 2.37. The molecule has 0 aliphatic heterocycles. The van der Waals surface area contributed by atoms with Crippen LogP contribution in [0.15, 0.2) is 176 Å². The van der Waals surface area contributed by atoms with Crippen molar-refractivity contribution in [3.63, 3.8) is 0 Å². The van der Waals surface area contributed by atoms with E-state index in [-0.39, 0.29) is 5.41 Å². The van der Waals surface area contributed by atoms with Crippen LogP contribution >= 0.6 is 0 Å². The van der Waals surface area contributed by atoms with Crippen molar-refractivity contribution in [3.8, 4) is 28.6 Å². The average molecular weight is 735 g/mol. The van der Waals surface area contributed by atoms with Crippen molar-refractivity contribution in [3.05, 3.63) is 182 Å². The first-order valence-electron chi connectivity index (χ1n) is 19.5. The molecule has 4 aromatic heterocycles. The fraction of sp³-hybridized carbons (Fsp3) is 0.0769. The second-order valence-electron chi connectivity index (χ2n) is 15.9. The first kappa shape index (κ1) is 33.1. The van der Waals surface area contributed by atoms with Gasteiger partial charge in [-0.15, -0.1) is 0 Å². The number of fused-ring (bicyclic) bond motifs is 10. The first-order valence-corrected chi connectivity index (χ1v) is 19.5. The fourth-order valence-electron chi connectivity index (χ4n) is 8.67. The van der Waals surface area contributed by atoms with Crippen LogP contribution in [0.5, 0.6) is 11.5 Å². The molecule has 272 valence electrons. The van der Waals surface area contributed by atoms with E-state index < -0.39 is 0 Å². The number of rotatable bonds is 4. The van der Waals surface area contributed by atoms with Crippen LogP contribution in [0.3, 0.4) is 0 Å². The smallest absolute Gasteiger partial charge is 0.137 e. The van der Waals surface area contributed by atoms with E-state index in [0.29, 0.717) is 0 Å². The summed E-state index contributed by atoms with van der Waals surface area (Å²) in [6, 6.07) is 60.0. The third-order valence-electron chi connectivity index (χ3n) is 11.4. The third kappa shape index (κ3) is 5.31. The molecule has 5 heteroatoms. The summed E-state index contributed by atoms with van der Waals surface area (Å²) in [6.45, 7) is 6.71. The highest BCUT2D eigenvalue weighted by Crippen LogP contribution is 2.39. The Morgan fingerprint density at radius 1 is 0.474 bits per heavy atom. The van der Waals surface area contributed by atoms with Gasteiger partial charge in [-0.05, 0) is 77.0 Å². The van der Waals surface area contributed by atoms with Gasteiger partial charge in [0.25, 0.3) is 0 Å². The summed E-state index contributed by atoms with van der Waals surface area (Å²) in [6.07, 6.45) is 1.92. The monoisotopic (exact) mass is 734 g/mol. The van der Waals surface area contributed by atoms with Gasteiger partial charge in [0.1, 0.15) is 17.3 Å². The molecule has 4 heterocycles. The van der Waals surface area contributed by atoms with Gasteiger partial charge in [-0.3, -0.25) is 4.57 Å². The predicted octanol–water partition coefficient (Wildman–Crippen LogP) is 13.8. The molecule has 0 atom stereocenters. The van der Waals surface area contributed by atoms with Gasteiger partial charge < -0.3 is 9.14 Å². The van der Waals surface area contributed by atoms with Crippen molar-refractivity contribution in [2.24, 2.45) is 0 Å². The molecule has 11 aromatic rings. The summed E-state index contributed by atoms with van der Waals surface area (Å²) < 4.78 is 11.4. The Morgan fingerprint density at radius 3 is 1.82 bits per heavy atom. The van der Waals surface area contributed by atoms with Gasteiger partial charge in [0.2, 0.25) is 0 Å². The third-order valence-corrected chi connectivity index (χ3v) is 11.4. The molecule has 57 heavy (non-hydrogen) atoms. The zero-order valence-corrected chi connectivity index (χ0v) is 31.9. The maximum atomic E-state index is 6.77. The lowest BCUT2D eigenvalue weighted by Gasteiger charge is -2.20. The van der Waals surface area contributed by atoms with Gasteiger partial charge in [-0.1, -0.05) is 124 Å². The Morgan fingerprint density at radius 2 is 1.07 bits per heavy atom. The zero-order valence-electron chi connectivity index (χ0n) is 31.9. The van der Waals surface area contributed by atoms with Crippen LogP contribution in [-0.2, 0) is 5.41 Å². The number of pyridine rings is 1. The number of hydrogen-bond donors (Lipinski definition) is 0. The SMILES string of the molecule is CC(C)(C)c1ccnc(-n2c3ccccc3c3ccc(Oc4cccc(-c5nc6cccc7c8ccccc8n(c8ccccc8c8ccccc58)c67)c4)cc32)c1. The molecule has 0 N–H and O–H groups in total. The Labute approximate surface area is 329 Å². The minimum absolute atomic E-state index is 0.00945. The molecule has 0 bridgehead atoms. The number of para-hydroxylation sites is 4. The number of ether oxygens (including phenoxy) is 1. The van der Waals surface area contributed by atoms with E-state index in [9.17, 15) is 0 Å². The Hall–Kier alpha value is -7.24. The van der Waals surface area contributed by atoms with Gasteiger partial charge >= 0.3 is 0 Å². The number of aromatic nitrogens is 4. The lowest BCUT2D eigenvalue weighted by atomic mass is 9.88. The topological polar surface area (TPSA) is 44.3 Å². The van der Waals surface area contributed by atoms with E-state index in [1.54, 1.807) is 0 Å². The quantitative estimate of drug-likeness (QED) is 0.181. The molecular formula is C52H38N4O. The molecule has 0 spiro atoms. The Balaban J connectivity index is 1.11. The highest BCUT2D eigenvalue weighted by Gasteiger charge is 2.19.